The van der Waals surface area contributed by atoms with Crippen LogP contribution in [0.1, 0.15) is 27.8 Å². The quantitative estimate of drug-likeness (QED) is 0.184. The van der Waals surface area contributed by atoms with Crippen molar-refractivity contribution in [3.8, 4) is 0 Å². The van der Waals surface area contributed by atoms with Crippen LogP contribution in [0.4, 0.5) is 0 Å². The summed E-state index contributed by atoms with van der Waals surface area (Å²) in [5.41, 5.74) is 7.36. The third-order valence-corrected chi connectivity index (χ3v) is 10.8. The van der Waals surface area contributed by atoms with Crippen LogP contribution in [0.5, 0.6) is 0 Å². The highest BCUT2D eigenvalue weighted by atomic mass is 31.2. The molecular formula is C39H31P. The molecule has 0 N–H and O–H groups in total. The Kier molecular flexibility index (Phi) is 7.71. The Balaban J connectivity index is 1.72. The van der Waals surface area contributed by atoms with Crippen molar-refractivity contribution in [3.05, 3.63) is 203 Å². The van der Waals surface area contributed by atoms with E-state index in [0.717, 1.165) is 0 Å². The van der Waals surface area contributed by atoms with E-state index in [1.165, 1.54) is 44.0 Å². The van der Waals surface area contributed by atoms with Crippen molar-refractivity contribution >= 4 is 35.2 Å². The fourth-order valence-electron chi connectivity index (χ4n) is 5.20. The van der Waals surface area contributed by atoms with Crippen LogP contribution in [0, 0.1) is 0 Å². The second kappa shape index (κ2) is 12.0. The lowest BCUT2D eigenvalue weighted by molar-refractivity contribution is 1.61. The molecule has 5 aromatic carbocycles. The van der Waals surface area contributed by atoms with Crippen LogP contribution in [0.2, 0.25) is 0 Å². The topological polar surface area (TPSA) is 0 Å². The maximum Gasteiger partial charge on any atom is -0.00870 e. The van der Waals surface area contributed by atoms with Gasteiger partial charge >= 0.3 is 0 Å². The fourth-order valence-corrected chi connectivity index (χ4v) is 8.87. The Morgan fingerprint density at radius 3 is 1.25 bits per heavy atom. The summed E-state index contributed by atoms with van der Waals surface area (Å²) in [6.45, 7) is -2.20. The van der Waals surface area contributed by atoms with E-state index in [1.807, 2.05) is 0 Å². The molecule has 1 heteroatoms. The second-order valence-corrected chi connectivity index (χ2v) is 13.0. The first-order chi connectivity index (χ1) is 19.8. The average Bonchev–Trinajstić information content (AvgIpc) is 3.05. The van der Waals surface area contributed by atoms with E-state index in [9.17, 15) is 0 Å². The lowest BCUT2D eigenvalue weighted by atomic mass is 10.0. The van der Waals surface area contributed by atoms with Gasteiger partial charge in [0.1, 0.15) is 0 Å². The van der Waals surface area contributed by atoms with Gasteiger partial charge in [0.15, 0.2) is 0 Å². The van der Waals surface area contributed by atoms with Crippen LogP contribution >= 0.6 is 6.89 Å². The van der Waals surface area contributed by atoms with E-state index in [0.29, 0.717) is 0 Å². The predicted molar refractivity (Wildman–Crippen MR) is 177 cm³/mol. The predicted octanol–water partition coefficient (Wildman–Crippen LogP) is 10.7. The average molecular weight is 531 g/mol. The third kappa shape index (κ3) is 5.55. The van der Waals surface area contributed by atoms with Gasteiger partial charge < -0.3 is 0 Å². The summed E-state index contributed by atoms with van der Waals surface area (Å²) in [7, 11) is 0. The van der Waals surface area contributed by atoms with Gasteiger partial charge in [0.05, 0.1) is 0 Å². The van der Waals surface area contributed by atoms with Gasteiger partial charge in [-0.1, -0.05) is 175 Å². The summed E-state index contributed by atoms with van der Waals surface area (Å²) in [6.07, 6.45) is 9.47. The highest BCUT2D eigenvalue weighted by Crippen LogP contribution is 2.67. The summed E-state index contributed by atoms with van der Waals surface area (Å²) >= 11 is 0. The van der Waals surface area contributed by atoms with Gasteiger partial charge in [-0.3, -0.25) is 0 Å². The maximum atomic E-state index is 2.49. The molecule has 0 saturated heterocycles. The van der Waals surface area contributed by atoms with E-state index in [-0.39, 0.29) is 0 Å². The van der Waals surface area contributed by atoms with Gasteiger partial charge in [0.2, 0.25) is 0 Å². The molecule has 6 rings (SSSR count). The van der Waals surface area contributed by atoms with Gasteiger partial charge in [0, 0.05) is 0 Å². The van der Waals surface area contributed by atoms with Crippen molar-refractivity contribution in [1.29, 1.82) is 0 Å². The molecule has 5 aromatic rings. The lowest BCUT2D eigenvalue weighted by Crippen LogP contribution is -2.07. The largest absolute Gasteiger partial charge is 0.0622 e. The zero-order chi connectivity index (χ0) is 27.0. The third-order valence-electron chi connectivity index (χ3n) is 7.23. The molecule has 1 aliphatic rings. The molecule has 0 bridgehead atoms. The van der Waals surface area contributed by atoms with Gasteiger partial charge in [-0.25, -0.2) is 0 Å². The SMILES string of the molecule is C1=C(c2ccccc2)C=C(c2ccccc2)P(/C=C/c2ccccc2)(/C=C/c2ccccc2)=C1c1ccccc1. The minimum atomic E-state index is -2.20. The molecule has 0 amide bonds. The number of rotatable bonds is 7. The number of allylic oxidation sites excluding steroid dienone is 3. The monoisotopic (exact) mass is 530 g/mol. The molecule has 0 saturated carbocycles. The smallest absolute Gasteiger partial charge is 0.00870 e. The molecule has 0 aliphatic carbocycles. The first-order valence-electron chi connectivity index (χ1n) is 13.7. The molecule has 40 heavy (non-hydrogen) atoms. The Morgan fingerprint density at radius 1 is 0.375 bits per heavy atom. The van der Waals surface area contributed by atoms with Crippen LogP contribution in [0.15, 0.2) is 175 Å². The standard InChI is InChI=1S/C39H31P/c1-6-16-32(17-7-1)26-28-40(29-27-33-18-8-2-9-19-33)38(35-22-12-4-13-23-35)30-37(34-20-10-3-11-21-34)31-39(40)36-24-14-5-15-25-36/h1-31H/b28-26+,29-27+. The van der Waals surface area contributed by atoms with Crippen LogP contribution in [0.25, 0.3) is 23.0 Å². The summed E-state index contributed by atoms with van der Waals surface area (Å²) < 4.78 is 0. The Bertz CT molecular complexity index is 1680. The van der Waals surface area contributed by atoms with Gasteiger partial charge in [-0.05, 0) is 63.0 Å². The van der Waals surface area contributed by atoms with Crippen molar-refractivity contribution in [2.75, 3.05) is 0 Å². The summed E-state index contributed by atoms with van der Waals surface area (Å²) in [5, 5.41) is 2.71. The zero-order valence-electron chi connectivity index (χ0n) is 22.3. The highest BCUT2D eigenvalue weighted by Gasteiger charge is 2.28. The van der Waals surface area contributed by atoms with E-state index >= 15 is 0 Å². The number of benzene rings is 5. The molecule has 0 radical (unpaired) electrons. The molecule has 0 spiro atoms. The van der Waals surface area contributed by atoms with E-state index in [2.05, 4.69) is 188 Å². The Morgan fingerprint density at radius 2 is 0.775 bits per heavy atom. The Labute approximate surface area is 238 Å². The first kappa shape index (κ1) is 25.6. The normalized spacial score (nSPS) is 14.8. The molecular weight excluding hydrogens is 499 g/mol. The highest BCUT2D eigenvalue weighted by molar-refractivity contribution is 7.91. The van der Waals surface area contributed by atoms with Crippen molar-refractivity contribution in [2.45, 2.75) is 0 Å². The van der Waals surface area contributed by atoms with E-state index in [4.69, 9.17) is 0 Å². The van der Waals surface area contributed by atoms with Crippen LogP contribution in [-0.4, -0.2) is 5.29 Å². The minimum absolute atomic E-state index is 1.20. The van der Waals surface area contributed by atoms with Crippen LogP contribution in [0.3, 0.4) is 0 Å². The minimum Gasteiger partial charge on any atom is -0.0622 e. The van der Waals surface area contributed by atoms with E-state index in [1.54, 1.807) is 0 Å². The molecule has 0 nitrogen and oxygen atoms in total. The van der Waals surface area contributed by atoms with Crippen LogP contribution in [-0.2, 0) is 0 Å². The molecule has 0 unspecified atom stereocenters. The Hall–Kier alpha value is -4.64. The van der Waals surface area contributed by atoms with Crippen LogP contribution < -0.4 is 0 Å². The maximum absolute atomic E-state index is 2.49. The molecule has 1 aliphatic heterocycles. The molecule has 1 heterocycles. The van der Waals surface area contributed by atoms with Gasteiger partial charge in [0.25, 0.3) is 0 Å². The summed E-state index contributed by atoms with van der Waals surface area (Å²) in [6, 6.07) is 53.8. The first-order valence-corrected chi connectivity index (χ1v) is 15.6. The lowest BCUT2D eigenvalue weighted by Gasteiger charge is -2.32. The summed E-state index contributed by atoms with van der Waals surface area (Å²) in [5.74, 6) is 4.97. The van der Waals surface area contributed by atoms with Gasteiger partial charge in [-0.2, -0.15) is 0 Å². The van der Waals surface area contributed by atoms with Gasteiger partial charge in [-0.15, -0.1) is 0 Å². The van der Waals surface area contributed by atoms with Crippen molar-refractivity contribution in [2.24, 2.45) is 0 Å². The molecule has 0 fully saturated rings. The number of hydrogen-bond acceptors (Lipinski definition) is 0. The second-order valence-electron chi connectivity index (χ2n) is 9.84. The van der Waals surface area contributed by atoms with Crippen molar-refractivity contribution in [1.82, 2.24) is 0 Å². The zero-order valence-corrected chi connectivity index (χ0v) is 23.2. The summed E-state index contributed by atoms with van der Waals surface area (Å²) in [4.78, 5) is 0. The van der Waals surface area contributed by atoms with Crippen molar-refractivity contribution < 1.29 is 0 Å². The fraction of sp³-hybridized carbons (Fsp3) is 0. The molecule has 0 aromatic heterocycles. The van der Waals surface area contributed by atoms with E-state index < -0.39 is 6.89 Å². The van der Waals surface area contributed by atoms with Crippen molar-refractivity contribution in [3.63, 3.8) is 0 Å². The molecule has 192 valence electrons. The molecule has 0 atom stereocenters. The number of hydrogen-bond donors (Lipinski definition) is 0.